The maximum Gasteiger partial charge on any atom is 0.238 e. The number of nitrogens with zero attached hydrogens (tertiary/aromatic N) is 1. The lowest BCUT2D eigenvalue weighted by atomic mass is 10.1. The minimum Gasteiger partial charge on any atom is -0.325 e. The fourth-order valence-corrected chi connectivity index (χ4v) is 2.29. The Balaban J connectivity index is 1.95. The molecule has 0 aliphatic heterocycles. The maximum absolute atomic E-state index is 12.2. The summed E-state index contributed by atoms with van der Waals surface area (Å²) in [6, 6.07) is 16.0. The highest BCUT2D eigenvalue weighted by Gasteiger charge is 2.11. The highest BCUT2D eigenvalue weighted by atomic mass is 16.2. The number of hydrogen-bond donors (Lipinski definition) is 1. The molecular weight excluding hydrogens is 284 g/mol. The zero-order chi connectivity index (χ0) is 16.7. The van der Waals surface area contributed by atoms with E-state index in [4.69, 9.17) is 6.42 Å². The molecule has 118 valence electrons. The zero-order valence-corrected chi connectivity index (χ0v) is 13.7. The first-order valence-electron chi connectivity index (χ1n) is 7.64. The van der Waals surface area contributed by atoms with Crippen LogP contribution in [0.25, 0.3) is 0 Å². The third-order valence-corrected chi connectivity index (χ3v) is 3.54. The predicted octanol–water partition coefficient (Wildman–Crippen LogP) is 3.38. The summed E-state index contributed by atoms with van der Waals surface area (Å²) in [5.41, 5.74) is 4.33. The van der Waals surface area contributed by atoms with Crippen molar-refractivity contribution in [3.63, 3.8) is 0 Å². The number of benzene rings is 2. The summed E-state index contributed by atoms with van der Waals surface area (Å²) in [7, 11) is 0. The Kier molecular flexibility index (Phi) is 5.96. The Morgan fingerprint density at radius 2 is 1.61 bits per heavy atom. The van der Waals surface area contributed by atoms with E-state index in [1.807, 2.05) is 36.1 Å². The van der Waals surface area contributed by atoms with Crippen LogP contribution in [0.15, 0.2) is 48.5 Å². The number of amides is 1. The van der Waals surface area contributed by atoms with Gasteiger partial charge in [0.1, 0.15) is 0 Å². The summed E-state index contributed by atoms with van der Waals surface area (Å²) >= 11 is 0. The fraction of sp³-hybridized carbons (Fsp3) is 0.250. The maximum atomic E-state index is 12.2. The van der Waals surface area contributed by atoms with Gasteiger partial charge < -0.3 is 5.32 Å². The van der Waals surface area contributed by atoms with Crippen molar-refractivity contribution in [2.45, 2.75) is 20.4 Å². The van der Waals surface area contributed by atoms with Crippen molar-refractivity contribution >= 4 is 11.6 Å². The van der Waals surface area contributed by atoms with Crippen LogP contribution in [0.2, 0.25) is 0 Å². The van der Waals surface area contributed by atoms with Crippen molar-refractivity contribution in [2.75, 3.05) is 18.4 Å². The molecule has 1 N–H and O–H groups in total. The molecule has 0 fully saturated rings. The molecule has 0 heterocycles. The summed E-state index contributed by atoms with van der Waals surface area (Å²) in [5, 5.41) is 2.90. The summed E-state index contributed by atoms with van der Waals surface area (Å²) in [4.78, 5) is 14.2. The van der Waals surface area contributed by atoms with Crippen molar-refractivity contribution in [3.8, 4) is 12.3 Å². The Hall–Kier alpha value is -2.57. The topological polar surface area (TPSA) is 32.3 Å². The van der Waals surface area contributed by atoms with Gasteiger partial charge in [-0.25, -0.2) is 0 Å². The molecule has 2 aromatic rings. The van der Waals surface area contributed by atoms with Crippen molar-refractivity contribution in [1.29, 1.82) is 0 Å². The number of rotatable bonds is 6. The third-order valence-electron chi connectivity index (χ3n) is 3.54. The minimum atomic E-state index is -0.0591. The Morgan fingerprint density at radius 3 is 2.17 bits per heavy atom. The summed E-state index contributed by atoms with van der Waals surface area (Å²) in [6.07, 6.45) is 5.43. The molecule has 0 aliphatic carbocycles. The van der Waals surface area contributed by atoms with E-state index in [0.29, 0.717) is 13.1 Å². The van der Waals surface area contributed by atoms with Crippen molar-refractivity contribution in [1.82, 2.24) is 4.90 Å². The largest absolute Gasteiger partial charge is 0.325 e. The van der Waals surface area contributed by atoms with Gasteiger partial charge in [0, 0.05) is 12.2 Å². The average molecular weight is 306 g/mol. The van der Waals surface area contributed by atoms with Crippen LogP contribution >= 0.6 is 0 Å². The van der Waals surface area contributed by atoms with E-state index in [1.165, 1.54) is 5.56 Å². The summed E-state index contributed by atoms with van der Waals surface area (Å²) in [6.45, 7) is 5.44. The van der Waals surface area contributed by atoms with E-state index < -0.39 is 0 Å². The van der Waals surface area contributed by atoms with Crippen LogP contribution in [-0.2, 0) is 11.3 Å². The first-order valence-corrected chi connectivity index (χ1v) is 7.64. The molecule has 0 spiro atoms. The van der Waals surface area contributed by atoms with E-state index >= 15 is 0 Å². The molecule has 0 saturated heterocycles. The van der Waals surface area contributed by atoms with Gasteiger partial charge in [-0.3, -0.25) is 9.69 Å². The van der Waals surface area contributed by atoms with Gasteiger partial charge in [0.05, 0.1) is 13.1 Å². The summed E-state index contributed by atoms with van der Waals surface area (Å²) < 4.78 is 0. The molecule has 2 rings (SSSR count). The normalized spacial score (nSPS) is 10.3. The Morgan fingerprint density at radius 1 is 1.04 bits per heavy atom. The number of carbonyl (C=O) groups is 1. The van der Waals surface area contributed by atoms with Gasteiger partial charge in [-0.05, 0) is 31.5 Å². The van der Waals surface area contributed by atoms with Crippen LogP contribution in [0, 0.1) is 26.2 Å². The molecule has 0 bridgehead atoms. The highest BCUT2D eigenvalue weighted by molar-refractivity contribution is 5.92. The molecular formula is C20H22N2O. The Bertz CT molecular complexity index is 681. The van der Waals surface area contributed by atoms with Crippen LogP contribution in [0.4, 0.5) is 5.69 Å². The molecule has 1 amide bonds. The summed E-state index contributed by atoms with van der Waals surface area (Å²) in [5.74, 6) is 2.56. The van der Waals surface area contributed by atoms with Crippen LogP contribution < -0.4 is 5.32 Å². The average Bonchev–Trinajstić information content (AvgIpc) is 2.52. The second kappa shape index (κ2) is 8.17. The van der Waals surface area contributed by atoms with Gasteiger partial charge in [0.15, 0.2) is 0 Å². The fourth-order valence-electron chi connectivity index (χ4n) is 2.29. The first kappa shape index (κ1) is 16.8. The van der Waals surface area contributed by atoms with Gasteiger partial charge in [-0.15, -0.1) is 6.42 Å². The number of terminal acetylenes is 1. The molecule has 3 heteroatoms. The molecule has 0 atom stereocenters. The van der Waals surface area contributed by atoms with Gasteiger partial charge in [0.2, 0.25) is 5.91 Å². The van der Waals surface area contributed by atoms with E-state index in [2.05, 4.69) is 42.4 Å². The van der Waals surface area contributed by atoms with Crippen LogP contribution in [0.5, 0.6) is 0 Å². The van der Waals surface area contributed by atoms with E-state index in [9.17, 15) is 4.79 Å². The van der Waals surface area contributed by atoms with E-state index in [-0.39, 0.29) is 12.5 Å². The number of nitrogens with one attached hydrogen (secondary N) is 1. The van der Waals surface area contributed by atoms with Gasteiger partial charge >= 0.3 is 0 Å². The number of anilines is 1. The lowest BCUT2D eigenvalue weighted by Gasteiger charge is -2.19. The second-order valence-corrected chi connectivity index (χ2v) is 5.75. The standard InChI is InChI=1S/C20H22N2O/c1-4-13-22(14-18-9-5-16(2)6-10-18)15-20(23)21-19-11-7-17(3)8-12-19/h1,5-12H,13-15H2,2-3H3,(H,21,23). The molecule has 2 aromatic carbocycles. The van der Waals surface area contributed by atoms with Crippen molar-refractivity contribution in [2.24, 2.45) is 0 Å². The monoisotopic (exact) mass is 306 g/mol. The van der Waals surface area contributed by atoms with Gasteiger partial charge in [-0.2, -0.15) is 0 Å². The molecule has 0 aromatic heterocycles. The molecule has 0 saturated carbocycles. The third kappa shape index (κ3) is 5.61. The van der Waals surface area contributed by atoms with Crippen LogP contribution in [0.3, 0.4) is 0 Å². The SMILES string of the molecule is C#CCN(CC(=O)Nc1ccc(C)cc1)Cc1ccc(C)cc1. The first-order chi connectivity index (χ1) is 11.1. The molecule has 0 radical (unpaired) electrons. The number of aryl methyl sites for hydroxylation is 2. The van der Waals surface area contributed by atoms with Crippen LogP contribution in [-0.4, -0.2) is 23.9 Å². The van der Waals surface area contributed by atoms with Crippen molar-refractivity contribution in [3.05, 3.63) is 65.2 Å². The Labute approximate surface area is 138 Å². The quantitative estimate of drug-likeness (QED) is 0.830. The molecule has 0 aliphatic rings. The molecule has 23 heavy (non-hydrogen) atoms. The van der Waals surface area contributed by atoms with E-state index in [0.717, 1.165) is 16.8 Å². The number of carbonyl (C=O) groups excluding carboxylic acids is 1. The zero-order valence-electron chi connectivity index (χ0n) is 13.7. The molecule has 0 unspecified atom stereocenters. The number of hydrogen-bond acceptors (Lipinski definition) is 2. The lowest BCUT2D eigenvalue weighted by molar-refractivity contribution is -0.117. The lowest BCUT2D eigenvalue weighted by Crippen LogP contribution is -2.33. The second-order valence-electron chi connectivity index (χ2n) is 5.75. The predicted molar refractivity (Wildman–Crippen MR) is 95.1 cm³/mol. The highest BCUT2D eigenvalue weighted by Crippen LogP contribution is 2.10. The van der Waals surface area contributed by atoms with Gasteiger partial charge in [-0.1, -0.05) is 53.4 Å². The minimum absolute atomic E-state index is 0.0591. The van der Waals surface area contributed by atoms with Crippen LogP contribution in [0.1, 0.15) is 16.7 Å². The molecule has 3 nitrogen and oxygen atoms in total. The van der Waals surface area contributed by atoms with Gasteiger partial charge in [0.25, 0.3) is 0 Å². The smallest absolute Gasteiger partial charge is 0.238 e. The van der Waals surface area contributed by atoms with Crippen molar-refractivity contribution < 1.29 is 4.79 Å². The van der Waals surface area contributed by atoms with E-state index in [1.54, 1.807) is 0 Å².